The van der Waals surface area contributed by atoms with E-state index < -0.39 is 5.82 Å². The molecule has 0 aliphatic heterocycles. The Kier molecular flexibility index (Phi) is 3.05. The third-order valence-corrected chi connectivity index (χ3v) is 4.82. The zero-order chi connectivity index (χ0) is 13.7. The van der Waals surface area contributed by atoms with Crippen molar-refractivity contribution in [2.45, 2.75) is 32.8 Å². The Balaban J connectivity index is 1.75. The van der Waals surface area contributed by atoms with Gasteiger partial charge in [-0.25, -0.2) is 4.39 Å². The smallest absolute Gasteiger partial charge is 0.162 e. The van der Waals surface area contributed by atoms with Gasteiger partial charge in [0.15, 0.2) is 5.78 Å². The van der Waals surface area contributed by atoms with Gasteiger partial charge in [-0.2, -0.15) is 0 Å². The maximum atomic E-state index is 13.7. The van der Waals surface area contributed by atoms with Gasteiger partial charge in [0.2, 0.25) is 0 Å². The van der Waals surface area contributed by atoms with Gasteiger partial charge in [0.25, 0.3) is 0 Å². The second-order valence-electron chi connectivity index (χ2n) is 5.72. The van der Waals surface area contributed by atoms with E-state index in [0.29, 0.717) is 10.8 Å². The van der Waals surface area contributed by atoms with Gasteiger partial charge >= 0.3 is 0 Å². The van der Waals surface area contributed by atoms with Crippen LogP contribution in [0.5, 0.6) is 5.75 Å². The lowest BCUT2D eigenvalue weighted by Crippen LogP contribution is -2.15. The minimum atomic E-state index is -0.566. The van der Waals surface area contributed by atoms with Gasteiger partial charge < -0.3 is 4.74 Å². The van der Waals surface area contributed by atoms with Crippen molar-refractivity contribution < 1.29 is 13.9 Å². The number of fused-ring (bicyclic) bond motifs is 1. The van der Waals surface area contributed by atoms with Gasteiger partial charge in [0.05, 0.1) is 16.7 Å². The minimum Gasteiger partial charge on any atom is -0.489 e. The first kappa shape index (κ1) is 12.9. The van der Waals surface area contributed by atoms with E-state index in [1.54, 1.807) is 0 Å². The molecule has 2 saturated carbocycles. The molecule has 0 saturated heterocycles. The molecule has 0 aromatic heterocycles. The predicted molar refractivity (Wildman–Crippen MR) is 71.2 cm³/mol. The van der Waals surface area contributed by atoms with E-state index in [4.69, 9.17) is 16.3 Å². The van der Waals surface area contributed by atoms with E-state index >= 15 is 0 Å². The summed E-state index contributed by atoms with van der Waals surface area (Å²) in [5.41, 5.74) is 0.0141. The number of ketones is 1. The zero-order valence-electron chi connectivity index (χ0n) is 11.0. The molecule has 1 aromatic carbocycles. The average Bonchev–Trinajstić information content (AvgIpc) is 2.76. The molecular formula is C15H16ClFO2. The number of carbonyl (C=O) groups is 1. The lowest BCUT2D eigenvalue weighted by molar-refractivity contribution is 0.101. The number of Topliss-reactive ketones (excluding diaryl/α,β-unsaturated/α-hetero) is 1. The van der Waals surface area contributed by atoms with Crippen LogP contribution in [-0.4, -0.2) is 11.9 Å². The second kappa shape index (κ2) is 4.48. The highest BCUT2D eigenvalue weighted by molar-refractivity contribution is 6.32. The number of benzene rings is 1. The van der Waals surface area contributed by atoms with Crippen molar-refractivity contribution in [2.75, 3.05) is 0 Å². The van der Waals surface area contributed by atoms with Gasteiger partial charge in [-0.1, -0.05) is 18.5 Å². The highest BCUT2D eigenvalue weighted by Crippen LogP contribution is 2.57. The molecule has 0 bridgehead atoms. The normalized spacial score (nSPS) is 32.0. The van der Waals surface area contributed by atoms with Gasteiger partial charge in [-0.05, 0) is 43.6 Å². The number of halogens is 2. The molecule has 0 heterocycles. The van der Waals surface area contributed by atoms with E-state index in [0.717, 1.165) is 30.6 Å². The van der Waals surface area contributed by atoms with Crippen LogP contribution >= 0.6 is 11.6 Å². The maximum absolute atomic E-state index is 13.7. The molecule has 4 heteroatoms. The van der Waals surface area contributed by atoms with E-state index in [1.165, 1.54) is 19.1 Å². The molecular weight excluding hydrogens is 267 g/mol. The summed E-state index contributed by atoms with van der Waals surface area (Å²) in [5, 5.41) is 0.306. The monoisotopic (exact) mass is 282 g/mol. The summed E-state index contributed by atoms with van der Waals surface area (Å²) in [6.07, 6.45) is 2.18. The molecule has 0 amide bonds. The minimum absolute atomic E-state index is 0.0141. The van der Waals surface area contributed by atoms with Gasteiger partial charge in [0.1, 0.15) is 11.6 Å². The van der Waals surface area contributed by atoms with Gasteiger partial charge in [0, 0.05) is 6.07 Å². The summed E-state index contributed by atoms with van der Waals surface area (Å²) in [7, 11) is 0. The average molecular weight is 283 g/mol. The van der Waals surface area contributed by atoms with E-state index in [9.17, 15) is 9.18 Å². The summed E-state index contributed by atoms with van der Waals surface area (Å²) in [5.74, 6) is 1.80. The van der Waals surface area contributed by atoms with Crippen LogP contribution in [-0.2, 0) is 0 Å². The summed E-state index contributed by atoms with van der Waals surface area (Å²) >= 11 is 6.06. The van der Waals surface area contributed by atoms with Crippen LogP contribution in [0.2, 0.25) is 5.02 Å². The van der Waals surface area contributed by atoms with Gasteiger partial charge in [-0.3, -0.25) is 4.79 Å². The fraction of sp³-hybridized carbons (Fsp3) is 0.533. The molecule has 3 rings (SSSR count). The fourth-order valence-corrected chi connectivity index (χ4v) is 3.49. The zero-order valence-corrected chi connectivity index (χ0v) is 11.7. The highest BCUT2D eigenvalue weighted by Gasteiger charge is 2.53. The van der Waals surface area contributed by atoms with Crippen LogP contribution in [0.4, 0.5) is 4.39 Å². The first-order valence-electron chi connectivity index (χ1n) is 6.64. The Morgan fingerprint density at radius 1 is 1.37 bits per heavy atom. The topological polar surface area (TPSA) is 26.3 Å². The van der Waals surface area contributed by atoms with Crippen molar-refractivity contribution in [1.82, 2.24) is 0 Å². The predicted octanol–water partition coefficient (Wildman–Crippen LogP) is 4.11. The van der Waals surface area contributed by atoms with Crippen LogP contribution in [0.3, 0.4) is 0 Å². The van der Waals surface area contributed by atoms with Crippen molar-refractivity contribution in [2.24, 2.45) is 17.8 Å². The fourth-order valence-electron chi connectivity index (χ4n) is 3.28. The van der Waals surface area contributed by atoms with E-state index in [-0.39, 0.29) is 17.5 Å². The van der Waals surface area contributed by atoms with Crippen molar-refractivity contribution in [3.05, 3.63) is 28.5 Å². The molecule has 0 radical (unpaired) electrons. The van der Waals surface area contributed by atoms with Crippen LogP contribution in [0.15, 0.2) is 12.1 Å². The Morgan fingerprint density at radius 2 is 2.00 bits per heavy atom. The number of carbonyl (C=O) groups excluding carboxylic acids is 1. The molecule has 2 aliphatic carbocycles. The summed E-state index contributed by atoms with van der Waals surface area (Å²) in [6, 6.07) is 2.58. The SMILES string of the molecule is CC(=O)c1cc(Cl)c(OC2C[C@@H]3C(C)[C@@H]3C2)cc1F. The Hall–Kier alpha value is -1.09. The lowest BCUT2D eigenvalue weighted by atomic mass is 10.1. The molecule has 4 atom stereocenters. The first-order valence-corrected chi connectivity index (χ1v) is 7.01. The number of ether oxygens (including phenoxy) is 1. The molecule has 0 N–H and O–H groups in total. The van der Waals surface area contributed by atoms with Crippen molar-refractivity contribution >= 4 is 17.4 Å². The number of rotatable bonds is 3. The maximum Gasteiger partial charge on any atom is 0.162 e. The van der Waals surface area contributed by atoms with Crippen LogP contribution < -0.4 is 4.74 Å². The quantitative estimate of drug-likeness (QED) is 0.780. The molecule has 2 aliphatic rings. The van der Waals surface area contributed by atoms with Crippen LogP contribution in [0, 0.1) is 23.6 Å². The molecule has 19 heavy (non-hydrogen) atoms. The Labute approximate surface area is 116 Å². The standard InChI is InChI=1S/C15H16ClFO2/c1-7-10-3-9(4-11(7)10)19-15-6-14(17)12(8(2)18)5-13(15)16/h5-7,9-11H,3-4H2,1-2H3/t7?,9?,10-,11+. The van der Waals surface area contributed by atoms with Crippen molar-refractivity contribution in [3.8, 4) is 5.75 Å². The molecule has 1 aromatic rings. The highest BCUT2D eigenvalue weighted by atomic mass is 35.5. The van der Waals surface area contributed by atoms with Crippen molar-refractivity contribution in [3.63, 3.8) is 0 Å². The molecule has 2 unspecified atom stereocenters. The van der Waals surface area contributed by atoms with Crippen molar-refractivity contribution in [1.29, 1.82) is 0 Å². The summed E-state index contributed by atoms with van der Waals surface area (Å²) in [6.45, 7) is 3.58. The van der Waals surface area contributed by atoms with E-state index in [1.807, 2.05) is 0 Å². The summed E-state index contributed by atoms with van der Waals surface area (Å²) in [4.78, 5) is 11.2. The lowest BCUT2D eigenvalue weighted by Gasteiger charge is -2.17. The van der Waals surface area contributed by atoms with Crippen LogP contribution in [0.25, 0.3) is 0 Å². The van der Waals surface area contributed by atoms with Gasteiger partial charge in [-0.15, -0.1) is 0 Å². The Bertz CT molecular complexity index is 531. The summed E-state index contributed by atoms with van der Waals surface area (Å²) < 4.78 is 19.5. The largest absolute Gasteiger partial charge is 0.489 e. The van der Waals surface area contributed by atoms with E-state index in [2.05, 4.69) is 6.92 Å². The van der Waals surface area contributed by atoms with Crippen LogP contribution in [0.1, 0.15) is 37.0 Å². The number of hydrogen-bond donors (Lipinski definition) is 0. The third kappa shape index (κ3) is 2.25. The second-order valence-corrected chi connectivity index (χ2v) is 6.12. The molecule has 2 fully saturated rings. The molecule has 102 valence electrons. The molecule has 2 nitrogen and oxygen atoms in total. The number of hydrogen-bond acceptors (Lipinski definition) is 2. The third-order valence-electron chi connectivity index (χ3n) is 4.52. The first-order chi connectivity index (χ1) is 8.97. The molecule has 0 spiro atoms. The Morgan fingerprint density at radius 3 is 2.58 bits per heavy atom.